The molecule has 5 N–H and O–H groups in total. The van der Waals surface area contributed by atoms with E-state index in [1.807, 2.05) is 6.92 Å². The Morgan fingerprint density at radius 3 is 2.33 bits per heavy atom. The zero-order valence-electron chi connectivity index (χ0n) is 42.7. The Hall–Kier alpha value is -7.75. The van der Waals surface area contributed by atoms with E-state index in [1.165, 1.54) is 6.07 Å². The van der Waals surface area contributed by atoms with Crippen molar-refractivity contribution in [2.45, 2.75) is 77.1 Å². The van der Waals surface area contributed by atoms with Crippen LogP contribution in [0.1, 0.15) is 77.1 Å². The van der Waals surface area contributed by atoms with Gasteiger partial charge in [-0.2, -0.15) is 8.78 Å². The number of fused-ring (bicyclic) bond motifs is 5. The normalized spacial score (nSPS) is 15.4. The van der Waals surface area contributed by atoms with Gasteiger partial charge in [0.2, 0.25) is 41.0 Å². The highest BCUT2D eigenvalue weighted by molar-refractivity contribution is 5.94. The van der Waals surface area contributed by atoms with Gasteiger partial charge in [-0.1, -0.05) is 37.3 Å². The summed E-state index contributed by atoms with van der Waals surface area (Å²) in [6.07, 6.45) is 0.718. The number of halogens is 5. The van der Waals surface area contributed by atoms with Crippen LogP contribution in [0, 0.1) is 41.2 Å². The van der Waals surface area contributed by atoms with Gasteiger partial charge in [0.1, 0.15) is 31.8 Å². The molecule has 1 unspecified atom stereocenters. The summed E-state index contributed by atoms with van der Waals surface area (Å²) < 4.78 is 96.7. The number of carbonyl (C=O) groups is 6. The number of hydroxylamine groups is 1. The number of hydrazine groups is 1. The third-order valence-electron chi connectivity index (χ3n) is 13.5. The van der Waals surface area contributed by atoms with Gasteiger partial charge in [-0.15, -0.1) is 0 Å². The van der Waals surface area contributed by atoms with Gasteiger partial charge in [-0.3, -0.25) is 39.0 Å². The maximum absolute atomic E-state index is 15.3. The number of hydrogen-bond donors (Lipinski definition) is 5. The Kier molecular flexibility index (Phi) is 18.8. The Bertz CT molecular complexity index is 3210. The van der Waals surface area contributed by atoms with Gasteiger partial charge < -0.3 is 59.9 Å². The summed E-state index contributed by atoms with van der Waals surface area (Å²) in [5, 5.41) is 23.8. The van der Waals surface area contributed by atoms with Crippen LogP contribution in [0.15, 0.2) is 53.3 Å². The summed E-state index contributed by atoms with van der Waals surface area (Å²) in [7, 11) is 0. The van der Waals surface area contributed by atoms with Crippen LogP contribution in [-0.4, -0.2) is 116 Å². The third-order valence-corrected chi connectivity index (χ3v) is 13.5. The average molecular weight is 1110 g/mol. The predicted octanol–water partition coefficient (Wildman–Crippen LogP) is 3.35. The second-order valence-electron chi connectivity index (χ2n) is 18.6. The maximum Gasteiger partial charge on any atom is 0.313 e. The van der Waals surface area contributed by atoms with Crippen LogP contribution in [-0.2, 0) is 73.7 Å². The molecule has 2 aromatic heterocycles. The number of amides is 4. The lowest BCUT2D eigenvalue weighted by Gasteiger charge is -2.29. The van der Waals surface area contributed by atoms with Crippen LogP contribution in [0.3, 0.4) is 0 Å². The van der Waals surface area contributed by atoms with E-state index in [9.17, 15) is 56.3 Å². The fourth-order valence-electron chi connectivity index (χ4n) is 9.56. The molecule has 0 radical (unpaired) electrons. The van der Waals surface area contributed by atoms with Gasteiger partial charge in [0.25, 0.3) is 5.56 Å². The van der Waals surface area contributed by atoms with E-state index in [0.29, 0.717) is 80.1 Å². The van der Waals surface area contributed by atoms with Crippen molar-refractivity contribution in [1.29, 1.82) is 0 Å². The fraction of sp³-hybridized carbons (Fsp3) is 0.396. The number of rotatable bonds is 25. The van der Waals surface area contributed by atoms with E-state index in [-0.39, 0.29) is 64.2 Å². The molecule has 0 saturated carbocycles. The molecule has 0 spiro atoms. The number of aromatic nitrogens is 2. The minimum atomic E-state index is -1.87. The Balaban J connectivity index is 0.764. The topological polar surface area (TPSA) is 270 Å². The van der Waals surface area contributed by atoms with Crippen LogP contribution in [0.5, 0.6) is 5.75 Å². The molecule has 26 heteroatoms. The Morgan fingerprint density at radius 2 is 1.59 bits per heavy atom. The van der Waals surface area contributed by atoms with Crippen LogP contribution in [0.2, 0.25) is 0 Å². The zero-order chi connectivity index (χ0) is 56.5. The van der Waals surface area contributed by atoms with Crippen molar-refractivity contribution in [2.75, 3.05) is 59.4 Å². The second-order valence-corrected chi connectivity index (χ2v) is 18.6. The van der Waals surface area contributed by atoms with E-state index >= 15 is 4.39 Å². The predicted molar refractivity (Wildman–Crippen MR) is 268 cm³/mol. The van der Waals surface area contributed by atoms with Crippen molar-refractivity contribution in [3.05, 3.63) is 132 Å². The summed E-state index contributed by atoms with van der Waals surface area (Å²) in [6.45, 7) is 0.619. The van der Waals surface area contributed by atoms with Gasteiger partial charge in [0, 0.05) is 36.0 Å². The lowest BCUT2D eigenvalue weighted by atomic mass is 9.81. The van der Waals surface area contributed by atoms with E-state index in [1.54, 1.807) is 47.9 Å². The molecule has 3 aromatic carbocycles. The highest BCUT2D eigenvalue weighted by Gasteiger charge is 2.38. The van der Waals surface area contributed by atoms with Gasteiger partial charge >= 0.3 is 11.9 Å². The smallest absolute Gasteiger partial charge is 0.313 e. The third kappa shape index (κ3) is 13.4. The molecular weight excluding hydrogens is 1050 g/mol. The standard InChI is InChI=1S/C53H54F5N8O13/c1-3-29-31-18-40-49-32(23-65(40)52(72)33(31)24-78-53(29)73)46-37(10-9-30-27(2)34(54)20-38(64-49)45(30)46)62-43(69)25-77-26-60-41(67)21-59-51(71)39(17-28-7-5-4-6-8-28)63-42(68)22-61-66(74)12-14-76-16-15-75-13-11-44(70)79-50-47(57)35(55)19-36(56)48(50)58/h4-8,18-20,29,37,39,61H,3,9-17,21-26H2,1-2H3,(H,59,71)(H,60,67)(H,62,69)(H,63,68)/q-1/t29?,37-,39-/m0/s1. The highest BCUT2D eigenvalue weighted by Crippen LogP contribution is 2.45. The number of cyclic esters (lactones) is 1. The number of pyridine rings is 2. The van der Waals surface area contributed by atoms with Crippen molar-refractivity contribution < 1.29 is 74.4 Å². The SMILES string of the molecule is CCC1C(=O)OCc2c1cc1n(c2=O)Cc2c-1nc1cc(F)c(C)c3c1c2[C@@H](NC(=O)COCNC(=O)CNC(=O)[C@H](Cc1ccccc1)NC(=O)CNN([O-])CCOCCOCCC(=O)Oc1c(F)c(F)cc(F)c1F)CC3. The molecule has 420 valence electrons. The first-order valence-corrected chi connectivity index (χ1v) is 25.1. The minimum Gasteiger partial charge on any atom is -0.772 e. The summed E-state index contributed by atoms with van der Waals surface area (Å²) in [5.74, 6) is -14.1. The molecule has 4 heterocycles. The molecule has 79 heavy (non-hydrogen) atoms. The Labute approximate surface area is 447 Å². The molecule has 3 atom stereocenters. The van der Waals surface area contributed by atoms with Crippen molar-refractivity contribution in [3.63, 3.8) is 0 Å². The van der Waals surface area contributed by atoms with Crippen molar-refractivity contribution in [2.24, 2.45) is 0 Å². The van der Waals surface area contributed by atoms with Crippen LogP contribution in [0.25, 0.3) is 22.3 Å². The van der Waals surface area contributed by atoms with Crippen molar-refractivity contribution in [3.8, 4) is 17.1 Å². The molecule has 8 rings (SSSR count). The molecular formula is C53H54F5N8O13-. The highest BCUT2D eigenvalue weighted by atomic mass is 19.2. The lowest BCUT2D eigenvalue weighted by Crippen LogP contribution is -2.52. The number of aryl methyl sites for hydroxylation is 1. The number of ether oxygens (including phenoxy) is 5. The first-order chi connectivity index (χ1) is 37.9. The number of nitrogens with one attached hydrogen (secondary N) is 5. The van der Waals surface area contributed by atoms with Gasteiger partial charge in [-0.25, -0.2) is 18.2 Å². The minimum absolute atomic E-state index is 0.0156. The first-order valence-electron chi connectivity index (χ1n) is 25.1. The molecule has 0 bridgehead atoms. The summed E-state index contributed by atoms with van der Waals surface area (Å²) in [5.41, 5.74) is 7.52. The largest absolute Gasteiger partial charge is 0.772 e. The van der Waals surface area contributed by atoms with E-state index in [0.717, 1.165) is 5.56 Å². The fourth-order valence-corrected chi connectivity index (χ4v) is 9.56. The van der Waals surface area contributed by atoms with Gasteiger partial charge in [-0.05, 0) is 60.1 Å². The second kappa shape index (κ2) is 25.8. The molecule has 21 nitrogen and oxygen atoms in total. The molecule has 4 amide bonds. The zero-order valence-corrected chi connectivity index (χ0v) is 42.7. The van der Waals surface area contributed by atoms with Crippen LogP contribution < -0.4 is 37.0 Å². The van der Waals surface area contributed by atoms with E-state index < -0.39 is 121 Å². The van der Waals surface area contributed by atoms with Crippen LogP contribution >= 0.6 is 0 Å². The average Bonchev–Trinajstić information content (AvgIpc) is 3.68. The summed E-state index contributed by atoms with van der Waals surface area (Å²) in [4.78, 5) is 95.8. The van der Waals surface area contributed by atoms with E-state index in [2.05, 4.69) is 31.4 Å². The van der Waals surface area contributed by atoms with Gasteiger partial charge in [0.15, 0.2) is 11.6 Å². The van der Waals surface area contributed by atoms with Crippen molar-refractivity contribution >= 4 is 46.5 Å². The van der Waals surface area contributed by atoms with Gasteiger partial charge in [0.05, 0.1) is 86.9 Å². The molecule has 0 fully saturated rings. The number of carbonyl (C=O) groups excluding carboxylic acids is 6. The first kappa shape index (κ1) is 57.4. The monoisotopic (exact) mass is 1110 g/mol. The van der Waals surface area contributed by atoms with E-state index in [4.69, 9.17) is 23.9 Å². The molecule has 1 aliphatic carbocycles. The number of benzene rings is 3. The van der Waals surface area contributed by atoms with Crippen molar-refractivity contribution in [1.82, 2.24) is 41.4 Å². The Morgan fingerprint density at radius 1 is 0.861 bits per heavy atom. The summed E-state index contributed by atoms with van der Waals surface area (Å²) in [6, 6.07) is 9.99. The molecule has 3 aliphatic rings. The van der Waals surface area contributed by atoms with Crippen LogP contribution in [0.4, 0.5) is 22.0 Å². The maximum atomic E-state index is 15.3. The molecule has 5 aromatic rings. The summed E-state index contributed by atoms with van der Waals surface area (Å²) >= 11 is 0. The number of nitrogens with zero attached hydrogens (tertiary/aromatic N) is 3. The number of hydrogen-bond acceptors (Lipinski definition) is 16. The molecule has 2 aliphatic heterocycles. The quantitative estimate of drug-likeness (QED) is 0.0105. The lowest BCUT2D eigenvalue weighted by molar-refractivity contribution is -0.148. The number of esters is 2. The molecule has 0 saturated heterocycles.